The van der Waals surface area contributed by atoms with E-state index in [1.165, 1.54) is 44.2 Å². The molecule has 4 nitrogen and oxygen atoms in total. The number of aromatic nitrogens is 1. The van der Waals surface area contributed by atoms with Gasteiger partial charge in [0, 0.05) is 26.2 Å². The molecule has 0 aliphatic carbocycles. The molecule has 0 spiro atoms. The number of thiazole rings is 1. The predicted molar refractivity (Wildman–Crippen MR) is 117 cm³/mol. The number of anilines is 1. The number of nitrogens with zero attached hydrogens (tertiary/aromatic N) is 3. The van der Waals surface area contributed by atoms with Gasteiger partial charge in [-0.1, -0.05) is 60.6 Å². The molecule has 2 aromatic carbocycles. The lowest BCUT2D eigenvalue weighted by atomic mass is 10.1. The maximum Gasteiger partial charge on any atom is 0.205 e. The molecule has 0 N–H and O–H groups in total. The molecule has 4 rings (SSSR count). The van der Waals surface area contributed by atoms with Gasteiger partial charge in [0.25, 0.3) is 0 Å². The first-order chi connectivity index (χ1) is 13.8. The average Bonchev–Trinajstić information content (AvgIpc) is 3.18. The zero-order valence-electron chi connectivity index (χ0n) is 16.3. The van der Waals surface area contributed by atoms with Crippen LogP contribution in [0.2, 0.25) is 0 Å². The molecule has 1 radical (unpaired) electrons. The lowest BCUT2D eigenvalue weighted by Crippen LogP contribution is -2.46. The summed E-state index contributed by atoms with van der Waals surface area (Å²) in [5.74, 6) is 0.0332. The third kappa shape index (κ3) is 4.83. The van der Waals surface area contributed by atoms with Crippen LogP contribution in [0, 0.1) is 0 Å². The van der Waals surface area contributed by atoms with E-state index in [1.807, 2.05) is 12.1 Å². The largest absolute Gasteiger partial charge is 0.345 e. The molecule has 3 aromatic rings. The number of aryl methyl sites for hydroxylation is 1. The van der Waals surface area contributed by atoms with Crippen molar-refractivity contribution in [3.63, 3.8) is 0 Å². The van der Waals surface area contributed by atoms with Crippen LogP contribution in [0.1, 0.15) is 31.2 Å². The number of hydrogen-bond acceptors (Lipinski definition) is 4. The van der Waals surface area contributed by atoms with Gasteiger partial charge in [-0.15, -0.1) is 0 Å². The van der Waals surface area contributed by atoms with Gasteiger partial charge in [0.1, 0.15) is 5.52 Å². The second-order valence-electron chi connectivity index (χ2n) is 7.58. The zero-order chi connectivity index (χ0) is 19.2. The van der Waals surface area contributed by atoms with Gasteiger partial charge in [0.2, 0.25) is 5.75 Å². The summed E-state index contributed by atoms with van der Waals surface area (Å²) in [6.45, 7) is 5.38. The molecule has 147 valence electrons. The molecule has 1 saturated heterocycles. The van der Waals surface area contributed by atoms with Crippen molar-refractivity contribution in [1.29, 1.82) is 0 Å². The number of unbranched alkanes of at least 4 members (excludes halogenated alkanes) is 3. The molecule has 0 amide bonds. The fourth-order valence-corrected chi connectivity index (χ4v) is 4.91. The van der Waals surface area contributed by atoms with Crippen LogP contribution in [-0.4, -0.2) is 42.6 Å². The van der Waals surface area contributed by atoms with Crippen molar-refractivity contribution in [2.45, 2.75) is 32.1 Å². The molecule has 0 unspecified atom stereocenters. The van der Waals surface area contributed by atoms with E-state index in [1.54, 1.807) is 17.4 Å². The summed E-state index contributed by atoms with van der Waals surface area (Å²) in [5, 5.41) is 12.9. The smallest absolute Gasteiger partial charge is 0.205 e. The van der Waals surface area contributed by atoms with Crippen LogP contribution in [0.3, 0.4) is 0 Å². The summed E-state index contributed by atoms with van der Waals surface area (Å²) in [5.41, 5.74) is 2.08. The number of benzene rings is 2. The van der Waals surface area contributed by atoms with E-state index in [2.05, 4.69) is 45.1 Å². The molecule has 0 bridgehead atoms. The molecule has 1 aliphatic heterocycles. The molecule has 1 fully saturated rings. The van der Waals surface area contributed by atoms with Crippen molar-refractivity contribution in [2.75, 3.05) is 37.6 Å². The summed E-state index contributed by atoms with van der Waals surface area (Å²) < 4.78 is 1.00. The standard InChI is InChI=1S/C23H28N3OS/c27-20-12-8-13-21-22(20)24-23(28-21)26-17-15-25(16-18-26)14-7-2-1-4-9-19-10-5-3-6-11-19/h3,5-6,8,10-13H,1-2,4,7,9,14-18H2. The lowest BCUT2D eigenvalue weighted by molar-refractivity contribution is 0.252. The van der Waals surface area contributed by atoms with Gasteiger partial charge in [-0.2, -0.15) is 0 Å². The SMILES string of the molecule is [O]c1cccc2sc(N3CCN(CCCCCCc4ccccc4)CC3)nc12. The summed E-state index contributed by atoms with van der Waals surface area (Å²) in [4.78, 5) is 9.50. The van der Waals surface area contributed by atoms with Gasteiger partial charge in [-0.05, 0) is 43.5 Å². The van der Waals surface area contributed by atoms with E-state index < -0.39 is 0 Å². The Bertz CT molecular complexity index is 872. The molecule has 5 heteroatoms. The van der Waals surface area contributed by atoms with Gasteiger partial charge in [-0.3, -0.25) is 10.0 Å². The quantitative estimate of drug-likeness (QED) is 0.483. The predicted octanol–water partition coefficient (Wildman–Crippen LogP) is 5.37. The van der Waals surface area contributed by atoms with Crippen molar-refractivity contribution in [3.8, 4) is 5.75 Å². The monoisotopic (exact) mass is 394 g/mol. The molecule has 1 aliphatic rings. The Balaban J connectivity index is 1.15. The summed E-state index contributed by atoms with van der Waals surface area (Å²) in [7, 11) is 0. The number of fused-ring (bicyclic) bond motifs is 1. The zero-order valence-corrected chi connectivity index (χ0v) is 17.2. The van der Waals surface area contributed by atoms with Gasteiger partial charge in [-0.25, -0.2) is 4.98 Å². The molecule has 0 saturated carbocycles. The highest BCUT2D eigenvalue weighted by molar-refractivity contribution is 7.22. The minimum absolute atomic E-state index is 0.0332. The molecule has 2 heterocycles. The Labute approximate surface area is 171 Å². The van der Waals surface area contributed by atoms with Crippen molar-refractivity contribution in [2.24, 2.45) is 0 Å². The van der Waals surface area contributed by atoms with Crippen LogP contribution >= 0.6 is 11.3 Å². The minimum atomic E-state index is 0.0332. The van der Waals surface area contributed by atoms with Crippen LogP contribution in [0.5, 0.6) is 5.75 Å². The summed E-state index contributed by atoms with van der Waals surface area (Å²) >= 11 is 1.64. The minimum Gasteiger partial charge on any atom is -0.345 e. The average molecular weight is 395 g/mol. The molecule has 1 aromatic heterocycles. The van der Waals surface area contributed by atoms with E-state index >= 15 is 0 Å². The van der Waals surface area contributed by atoms with Crippen molar-refractivity contribution in [3.05, 3.63) is 54.1 Å². The van der Waals surface area contributed by atoms with E-state index in [0.717, 1.165) is 36.0 Å². The Kier molecular flexibility index (Phi) is 6.45. The number of para-hydroxylation sites is 1. The third-order valence-electron chi connectivity index (χ3n) is 5.55. The molecule has 0 atom stereocenters. The van der Waals surface area contributed by atoms with E-state index in [4.69, 9.17) is 0 Å². The first-order valence-corrected chi connectivity index (χ1v) is 11.2. The normalized spacial score (nSPS) is 15.4. The Morgan fingerprint density at radius 1 is 0.857 bits per heavy atom. The molecular weight excluding hydrogens is 366 g/mol. The topological polar surface area (TPSA) is 39.3 Å². The van der Waals surface area contributed by atoms with Gasteiger partial charge in [0.05, 0.1) is 4.70 Å². The van der Waals surface area contributed by atoms with E-state index in [9.17, 15) is 5.11 Å². The first-order valence-electron chi connectivity index (χ1n) is 10.4. The van der Waals surface area contributed by atoms with Gasteiger partial charge >= 0.3 is 0 Å². The van der Waals surface area contributed by atoms with E-state index in [0.29, 0.717) is 5.52 Å². The Morgan fingerprint density at radius 3 is 2.43 bits per heavy atom. The summed E-state index contributed by atoms with van der Waals surface area (Å²) in [6.07, 6.45) is 6.41. The molecule has 28 heavy (non-hydrogen) atoms. The van der Waals surface area contributed by atoms with Crippen molar-refractivity contribution < 1.29 is 5.11 Å². The maximum atomic E-state index is 11.9. The fourth-order valence-electron chi connectivity index (χ4n) is 3.87. The van der Waals surface area contributed by atoms with Crippen LogP contribution in [0.4, 0.5) is 5.13 Å². The third-order valence-corrected chi connectivity index (χ3v) is 6.63. The van der Waals surface area contributed by atoms with Gasteiger partial charge in [0.15, 0.2) is 5.13 Å². The molecular formula is C23H28N3OS. The lowest BCUT2D eigenvalue weighted by Gasteiger charge is -2.34. The highest BCUT2D eigenvalue weighted by Gasteiger charge is 2.20. The Hall–Kier alpha value is -2.11. The second-order valence-corrected chi connectivity index (χ2v) is 8.59. The highest BCUT2D eigenvalue weighted by atomic mass is 32.1. The fraction of sp³-hybridized carbons (Fsp3) is 0.435. The van der Waals surface area contributed by atoms with Gasteiger partial charge < -0.3 is 4.90 Å². The van der Waals surface area contributed by atoms with Crippen molar-refractivity contribution in [1.82, 2.24) is 9.88 Å². The van der Waals surface area contributed by atoms with Crippen LogP contribution in [0.25, 0.3) is 10.2 Å². The number of hydrogen-bond donors (Lipinski definition) is 0. The van der Waals surface area contributed by atoms with Crippen LogP contribution in [0.15, 0.2) is 48.5 Å². The first kappa shape index (κ1) is 19.2. The van der Waals surface area contributed by atoms with Crippen LogP contribution < -0.4 is 4.90 Å². The number of piperazine rings is 1. The second kappa shape index (κ2) is 9.39. The highest BCUT2D eigenvalue weighted by Crippen LogP contribution is 2.34. The summed E-state index contributed by atoms with van der Waals surface area (Å²) in [6, 6.07) is 16.2. The number of rotatable bonds is 8. The Morgan fingerprint density at radius 2 is 1.64 bits per heavy atom. The van der Waals surface area contributed by atoms with E-state index in [-0.39, 0.29) is 5.75 Å². The maximum absolute atomic E-state index is 11.9. The van der Waals surface area contributed by atoms with Crippen LogP contribution in [-0.2, 0) is 11.5 Å². The van der Waals surface area contributed by atoms with Crippen molar-refractivity contribution >= 4 is 26.7 Å².